The van der Waals surface area contributed by atoms with E-state index in [1.54, 1.807) is 6.20 Å². The number of benzene rings is 2. The van der Waals surface area contributed by atoms with Gasteiger partial charge in [0, 0.05) is 24.7 Å². The van der Waals surface area contributed by atoms with E-state index in [0.29, 0.717) is 12.1 Å². The molecule has 0 aliphatic carbocycles. The monoisotopic (exact) mass is 344 g/mol. The Kier molecular flexibility index (Phi) is 4.35. The zero-order valence-corrected chi connectivity index (χ0v) is 14.6. The summed E-state index contributed by atoms with van der Waals surface area (Å²) >= 11 is 0. The third-order valence-electron chi connectivity index (χ3n) is 4.57. The fourth-order valence-corrected chi connectivity index (χ4v) is 3.30. The largest absolute Gasteiger partial charge is 0.352 e. The van der Waals surface area contributed by atoms with Crippen molar-refractivity contribution in [3.8, 4) is 0 Å². The SMILES string of the molecule is Cc1nc2ccccc2n1CCCNC(=O)c1cccc2cccnc12. The smallest absolute Gasteiger partial charge is 0.253 e. The van der Waals surface area contributed by atoms with Crippen molar-refractivity contribution >= 4 is 27.8 Å². The molecule has 0 aliphatic rings. The molecule has 5 nitrogen and oxygen atoms in total. The highest BCUT2D eigenvalue weighted by Gasteiger charge is 2.10. The molecule has 0 bridgehead atoms. The van der Waals surface area contributed by atoms with E-state index in [0.717, 1.165) is 40.7 Å². The Morgan fingerprint density at radius 2 is 1.92 bits per heavy atom. The van der Waals surface area contributed by atoms with Crippen molar-refractivity contribution < 1.29 is 4.79 Å². The van der Waals surface area contributed by atoms with E-state index in [9.17, 15) is 4.79 Å². The third kappa shape index (κ3) is 3.04. The number of pyridine rings is 1. The van der Waals surface area contributed by atoms with Gasteiger partial charge in [-0.3, -0.25) is 9.78 Å². The van der Waals surface area contributed by atoms with Crippen LogP contribution in [0.1, 0.15) is 22.6 Å². The lowest BCUT2D eigenvalue weighted by molar-refractivity contribution is 0.0954. The van der Waals surface area contributed by atoms with Crippen LogP contribution >= 0.6 is 0 Å². The highest BCUT2D eigenvalue weighted by molar-refractivity contribution is 6.05. The molecular weight excluding hydrogens is 324 g/mol. The molecule has 1 N–H and O–H groups in total. The maximum Gasteiger partial charge on any atom is 0.253 e. The molecule has 2 heterocycles. The Morgan fingerprint density at radius 1 is 1.08 bits per heavy atom. The molecule has 0 spiro atoms. The molecule has 2 aromatic carbocycles. The van der Waals surface area contributed by atoms with Crippen molar-refractivity contribution in [2.24, 2.45) is 0 Å². The molecule has 5 heteroatoms. The van der Waals surface area contributed by atoms with Gasteiger partial charge in [-0.2, -0.15) is 0 Å². The second-order valence-electron chi connectivity index (χ2n) is 6.29. The number of aromatic nitrogens is 3. The molecule has 0 unspecified atom stereocenters. The van der Waals surface area contributed by atoms with Crippen molar-refractivity contribution in [2.45, 2.75) is 19.9 Å². The molecule has 1 amide bonds. The van der Waals surface area contributed by atoms with E-state index < -0.39 is 0 Å². The zero-order chi connectivity index (χ0) is 17.9. The van der Waals surface area contributed by atoms with Crippen molar-refractivity contribution in [3.05, 3.63) is 72.2 Å². The number of imidazole rings is 1. The lowest BCUT2D eigenvalue weighted by atomic mass is 10.1. The van der Waals surface area contributed by atoms with Crippen molar-refractivity contribution in [1.82, 2.24) is 19.9 Å². The van der Waals surface area contributed by atoms with Gasteiger partial charge in [0.2, 0.25) is 0 Å². The number of carbonyl (C=O) groups excluding carboxylic acids is 1. The van der Waals surface area contributed by atoms with Crippen molar-refractivity contribution in [1.29, 1.82) is 0 Å². The van der Waals surface area contributed by atoms with Gasteiger partial charge in [-0.15, -0.1) is 0 Å². The highest BCUT2D eigenvalue weighted by Crippen LogP contribution is 2.17. The fraction of sp³-hybridized carbons (Fsp3) is 0.190. The average Bonchev–Trinajstić information content (AvgIpc) is 3.00. The molecule has 0 radical (unpaired) electrons. The van der Waals surface area contributed by atoms with Gasteiger partial charge in [0.05, 0.1) is 22.1 Å². The number of rotatable bonds is 5. The van der Waals surface area contributed by atoms with E-state index in [-0.39, 0.29) is 5.91 Å². The molecule has 4 rings (SSSR count). The number of hydrogen-bond acceptors (Lipinski definition) is 3. The molecule has 0 aliphatic heterocycles. The van der Waals surface area contributed by atoms with Crippen LogP contribution in [-0.4, -0.2) is 27.0 Å². The Hall–Kier alpha value is -3.21. The summed E-state index contributed by atoms with van der Waals surface area (Å²) in [5.74, 6) is 0.914. The first-order chi connectivity index (χ1) is 12.7. The van der Waals surface area contributed by atoms with Gasteiger partial charge in [-0.1, -0.05) is 30.3 Å². The number of hydrogen-bond donors (Lipinski definition) is 1. The van der Waals surface area contributed by atoms with Crippen molar-refractivity contribution in [3.63, 3.8) is 0 Å². The summed E-state index contributed by atoms with van der Waals surface area (Å²) in [6, 6.07) is 17.6. The fourth-order valence-electron chi connectivity index (χ4n) is 3.30. The summed E-state index contributed by atoms with van der Waals surface area (Å²) in [6.07, 6.45) is 2.55. The number of fused-ring (bicyclic) bond motifs is 2. The van der Waals surface area contributed by atoms with Crippen LogP contribution in [-0.2, 0) is 6.54 Å². The molecule has 130 valence electrons. The minimum Gasteiger partial charge on any atom is -0.352 e. The highest BCUT2D eigenvalue weighted by atomic mass is 16.1. The quantitative estimate of drug-likeness (QED) is 0.561. The summed E-state index contributed by atoms with van der Waals surface area (Å²) in [5.41, 5.74) is 3.50. The van der Waals surface area contributed by atoms with Crippen LogP contribution in [0.4, 0.5) is 0 Å². The molecule has 0 atom stereocenters. The standard InChI is InChI=1S/C21H20N4O/c1-15-24-18-10-2-3-11-19(18)25(15)14-6-13-23-21(26)17-9-4-7-16-8-5-12-22-20(16)17/h2-5,7-12H,6,13-14H2,1H3,(H,23,26). The Morgan fingerprint density at radius 3 is 2.85 bits per heavy atom. The van der Waals surface area contributed by atoms with Gasteiger partial charge in [0.25, 0.3) is 5.91 Å². The van der Waals surface area contributed by atoms with Crippen LogP contribution in [0.15, 0.2) is 60.8 Å². The van der Waals surface area contributed by atoms with Gasteiger partial charge in [-0.25, -0.2) is 4.98 Å². The molecule has 0 saturated carbocycles. The molecular formula is C21H20N4O. The summed E-state index contributed by atoms with van der Waals surface area (Å²) in [6.45, 7) is 3.44. The van der Waals surface area contributed by atoms with E-state index in [4.69, 9.17) is 0 Å². The second kappa shape index (κ2) is 6.96. The Labute approximate surface area is 151 Å². The number of amides is 1. The van der Waals surface area contributed by atoms with Gasteiger partial charge in [0.15, 0.2) is 0 Å². The summed E-state index contributed by atoms with van der Waals surface area (Å²) in [4.78, 5) is 21.4. The first kappa shape index (κ1) is 16.3. The predicted molar refractivity (Wildman–Crippen MR) is 103 cm³/mol. The molecule has 26 heavy (non-hydrogen) atoms. The first-order valence-corrected chi connectivity index (χ1v) is 8.78. The van der Waals surface area contributed by atoms with E-state index in [1.807, 2.05) is 55.5 Å². The van der Waals surface area contributed by atoms with E-state index in [2.05, 4.69) is 25.9 Å². The van der Waals surface area contributed by atoms with Gasteiger partial charge in [0.1, 0.15) is 5.82 Å². The lowest BCUT2D eigenvalue weighted by Crippen LogP contribution is -2.25. The maximum atomic E-state index is 12.5. The lowest BCUT2D eigenvalue weighted by Gasteiger charge is -2.09. The minimum atomic E-state index is -0.0819. The molecule has 0 saturated heterocycles. The van der Waals surface area contributed by atoms with Crippen molar-refractivity contribution in [2.75, 3.05) is 6.54 Å². The molecule has 0 fully saturated rings. The van der Waals surface area contributed by atoms with Crippen LogP contribution in [0.25, 0.3) is 21.9 Å². The Bertz CT molecular complexity index is 1080. The maximum absolute atomic E-state index is 12.5. The van der Waals surface area contributed by atoms with Crippen LogP contribution in [0, 0.1) is 6.92 Å². The number of carbonyl (C=O) groups is 1. The summed E-state index contributed by atoms with van der Waals surface area (Å²) in [7, 11) is 0. The average molecular weight is 344 g/mol. The van der Waals surface area contributed by atoms with E-state index in [1.165, 1.54) is 0 Å². The molecule has 2 aromatic heterocycles. The number of nitrogens with one attached hydrogen (secondary N) is 1. The third-order valence-corrected chi connectivity index (χ3v) is 4.57. The summed E-state index contributed by atoms with van der Waals surface area (Å²) < 4.78 is 2.20. The van der Waals surface area contributed by atoms with Crippen LogP contribution in [0.2, 0.25) is 0 Å². The first-order valence-electron chi connectivity index (χ1n) is 8.78. The Balaban J connectivity index is 1.41. The van der Waals surface area contributed by atoms with E-state index >= 15 is 0 Å². The van der Waals surface area contributed by atoms with Gasteiger partial charge < -0.3 is 9.88 Å². The topological polar surface area (TPSA) is 59.8 Å². The second-order valence-corrected chi connectivity index (χ2v) is 6.29. The van der Waals surface area contributed by atoms with Gasteiger partial charge in [-0.05, 0) is 37.6 Å². The van der Waals surface area contributed by atoms with Crippen LogP contribution < -0.4 is 5.32 Å². The zero-order valence-electron chi connectivity index (χ0n) is 14.6. The number of aryl methyl sites for hydroxylation is 2. The molecule has 4 aromatic rings. The normalized spacial score (nSPS) is 11.1. The minimum absolute atomic E-state index is 0.0819. The number of para-hydroxylation sites is 3. The van der Waals surface area contributed by atoms with Crippen LogP contribution in [0.3, 0.4) is 0 Å². The summed E-state index contributed by atoms with van der Waals surface area (Å²) in [5, 5.41) is 3.98. The number of nitrogens with zero attached hydrogens (tertiary/aromatic N) is 3. The van der Waals surface area contributed by atoms with Gasteiger partial charge >= 0.3 is 0 Å². The predicted octanol–water partition coefficient (Wildman–Crippen LogP) is 3.71. The van der Waals surface area contributed by atoms with Crippen LogP contribution in [0.5, 0.6) is 0 Å².